The number of hydrogen-bond donors (Lipinski definition) is 2. The van der Waals surface area contributed by atoms with Crippen molar-refractivity contribution in [3.63, 3.8) is 0 Å². The van der Waals surface area contributed by atoms with E-state index >= 15 is 0 Å². The molecule has 3 aromatic rings. The van der Waals surface area contributed by atoms with Gasteiger partial charge in [-0.25, -0.2) is 9.78 Å². The van der Waals surface area contributed by atoms with Crippen LogP contribution in [-0.2, 0) is 6.54 Å². The average Bonchev–Trinajstić information content (AvgIpc) is 2.90. The molecule has 3 rings (SSSR count). The van der Waals surface area contributed by atoms with Gasteiger partial charge in [-0.05, 0) is 18.4 Å². The molecule has 0 spiro atoms. The fourth-order valence-corrected chi connectivity index (χ4v) is 2.12. The molecular formula is C15H13N3O3. The number of pyridine rings is 1. The Balaban J connectivity index is 1.97. The van der Waals surface area contributed by atoms with Crippen molar-refractivity contribution >= 4 is 22.6 Å². The SMILES string of the molecule is Cc1cc(CNc2nc(C(=O)O)cc3ccccc23)no1. The molecule has 1 aromatic carbocycles. The van der Waals surface area contributed by atoms with Gasteiger partial charge in [-0.1, -0.05) is 29.4 Å². The number of carboxylic acid groups (broad SMARTS) is 1. The maximum absolute atomic E-state index is 11.2. The number of rotatable bonds is 4. The summed E-state index contributed by atoms with van der Waals surface area (Å²) < 4.78 is 5.00. The van der Waals surface area contributed by atoms with E-state index < -0.39 is 5.97 Å². The Morgan fingerprint density at radius 1 is 1.33 bits per heavy atom. The molecule has 6 heteroatoms. The standard InChI is InChI=1S/C15H13N3O3/c1-9-6-11(18-21-9)8-16-14-12-5-3-2-4-10(12)7-13(17-14)15(19)20/h2-7H,8H2,1H3,(H,16,17)(H,19,20). The molecule has 21 heavy (non-hydrogen) atoms. The number of fused-ring (bicyclic) bond motifs is 1. The van der Waals surface area contributed by atoms with Crippen LogP contribution >= 0.6 is 0 Å². The van der Waals surface area contributed by atoms with Gasteiger partial charge in [-0.2, -0.15) is 0 Å². The van der Waals surface area contributed by atoms with Crippen LogP contribution in [0.5, 0.6) is 0 Å². The summed E-state index contributed by atoms with van der Waals surface area (Å²) in [5.41, 5.74) is 0.742. The van der Waals surface area contributed by atoms with Gasteiger partial charge in [0.25, 0.3) is 0 Å². The molecule has 0 unspecified atom stereocenters. The number of carboxylic acids is 1. The third kappa shape index (κ3) is 2.69. The Labute approximate surface area is 120 Å². The van der Waals surface area contributed by atoms with Crippen molar-refractivity contribution in [3.05, 3.63) is 53.5 Å². The zero-order valence-electron chi connectivity index (χ0n) is 11.3. The number of nitrogens with one attached hydrogen (secondary N) is 1. The van der Waals surface area contributed by atoms with Crippen LogP contribution in [0.3, 0.4) is 0 Å². The number of aromatic carboxylic acids is 1. The molecule has 0 amide bonds. The second kappa shape index (κ2) is 5.24. The average molecular weight is 283 g/mol. The van der Waals surface area contributed by atoms with Gasteiger partial charge in [0.15, 0.2) is 5.69 Å². The van der Waals surface area contributed by atoms with Gasteiger partial charge >= 0.3 is 5.97 Å². The van der Waals surface area contributed by atoms with Crippen molar-refractivity contribution in [2.75, 3.05) is 5.32 Å². The summed E-state index contributed by atoms with van der Waals surface area (Å²) in [6.45, 7) is 2.23. The first kappa shape index (κ1) is 13.1. The largest absolute Gasteiger partial charge is 0.477 e. The van der Waals surface area contributed by atoms with Gasteiger partial charge in [-0.15, -0.1) is 0 Å². The Hall–Kier alpha value is -2.89. The number of carbonyl (C=O) groups is 1. The molecule has 0 aliphatic rings. The lowest BCUT2D eigenvalue weighted by atomic mass is 10.1. The summed E-state index contributed by atoms with van der Waals surface area (Å²) in [6.07, 6.45) is 0. The lowest BCUT2D eigenvalue weighted by Crippen LogP contribution is -2.07. The van der Waals surface area contributed by atoms with Gasteiger partial charge in [-0.3, -0.25) is 0 Å². The molecule has 2 N–H and O–H groups in total. The van der Waals surface area contributed by atoms with Crippen molar-refractivity contribution in [1.29, 1.82) is 0 Å². The summed E-state index contributed by atoms with van der Waals surface area (Å²) >= 11 is 0. The number of anilines is 1. The summed E-state index contributed by atoms with van der Waals surface area (Å²) in [5, 5.41) is 17.8. The Kier molecular flexibility index (Phi) is 3.27. The number of aromatic nitrogens is 2. The second-order valence-electron chi connectivity index (χ2n) is 4.66. The van der Waals surface area contributed by atoms with E-state index in [-0.39, 0.29) is 5.69 Å². The molecule has 2 aromatic heterocycles. The number of benzene rings is 1. The Morgan fingerprint density at radius 3 is 2.86 bits per heavy atom. The molecule has 0 radical (unpaired) electrons. The normalized spacial score (nSPS) is 10.7. The van der Waals surface area contributed by atoms with Crippen LogP contribution in [0, 0.1) is 6.92 Å². The van der Waals surface area contributed by atoms with Gasteiger partial charge in [0.1, 0.15) is 17.3 Å². The van der Waals surface area contributed by atoms with Crippen molar-refractivity contribution in [1.82, 2.24) is 10.1 Å². The second-order valence-corrected chi connectivity index (χ2v) is 4.66. The summed E-state index contributed by atoms with van der Waals surface area (Å²) in [4.78, 5) is 15.3. The molecule has 106 valence electrons. The number of hydrogen-bond acceptors (Lipinski definition) is 5. The van der Waals surface area contributed by atoms with Crippen molar-refractivity contribution in [2.24, 2.45) is 0 Å². The minimum absolute atomic E-state index is 0.00698. The highest BCUT2D eigenvalue weighted by Crippen LogP contribution is 2.23. The lowest BCUT2D eigenvalue weighted by Gasteiger charge is -2.08. The van der Waals surface area contributed by atoms with E-state index in [0.29, 0.717) is 12.4 Å². The quantitative estimate of drug-likeness (QED) is 0.765. The van der Waals surface area contributed by atoms with Crippen LogP contribution in [0.2, 0.25) is 0 Å². The molecule has 0 saturated heterocycles. The Morgan fingerprint density at radius 2 is 2.14 bits per heavy atom. The van der Waals surface area contributed by atoms with E-state index in [9.17, 15) is 4.79 Å². The van der Waals surface area contributed by atoms with E-state index in [1.54, 1.807) is 6.07 Å². The fourth-order valence-electron chi connectivity index (χ4n) is 2.12. The third-order valence-corrected chi connectivity index (χ3v) is 3.07. The maximum atomic E-state index is 11.2. The molecular weight excluding hydrogens is 270 g/mol. The monoisotopic (exact) mass is 283 g/mol. The van der Waals surface area contributed by atoms with E-state index in [4.69, 9.17) is 9.63 Å². The predicted molar refractivity (Wildman–Crippen MR) is 77.3 cm³/mol. The predicted octanol–water partition coefficient (Wildman–Crippen LogP) is 2.84. The highest BCUT2D eigenvalue weighted by molar-refractivity contribution is 5.97. The van der Waals surface area contributed by atoms with Gasteiger partial charge in [0, 0.05) is 11.5 Å². The summed E-state index contributed by atoms with van der Waals surface area (Å²) in [6, 6.07) is 10.9. The van der Waals surface area contributed by atoms with Gasteiger partial charge in [0.2, 0.25) is 0 Å². The van der Waals surface area contributed by atoms with E-state index in [1.807, 2.05) is 37.3 Å². The Bertz CT molecular complexity index is 811. The molecule has 0 fully saturated rings. The third-order valence-electron chi connectivity index (χ3n) is 3.07. The molecule has 0 saturated carbocycles. The smallest absolute Gasteiger partial charge is 0.354 e. The van der Waals surface area contributed by atoms with Crippen LogP contribution in [0.4, 0.5) is 5.82 Å². The molecule has 0 bridgehead atoms. The number of nitrogens with zero attached hydrogens (tertiary/aromatic N) is 2. The van der Waals surface area contributed by atoms with E-state index in [1.165, 1.54) is 0 Å². The van der Waals surface area contributed by atoms with Gasteiger partial charge < -0.3 is 14.9 Å². The molecule has 0 atom stereocenters. The topological polar surface area (TPSA) is 88.2 Å². The summed E-state index contributed by atoms with van der Waals surface area (Å²) in [5.74, 6) is 0.191. The summed E-state index contributed by atoms with van der Waals surface area (Å²) in [7, 11) is 0. The van der Waals surface area contributed by atoms with Crippen LogP contribution in [0.1, 0.15) is 21.9 Å². The minimum Gasteiger partial charge on any atom is -0.477 e. The highest BCUT2D eigenvalue weighted by Gasteiger charge is 2.11. The molecule has 2 heterocycles. The number of aryl methyl sites for hydroxylation is 1. The highest BCUT2D eigenvalue weighted by atomic mass is 16.5. The molecule has 6 nitrogen and oxygen atoms in total. The molecule has 0 aliphatic heterocycles. The van der Waals surface area contributed by atoms with Crippen LogP contribution in [0.15, 0.2) is 40.9 Å². The zero-order valence-corrected chi connectivity index (χ0v) is 11.3. The van der Waals surface area contributed by atoms with Crippen molar-refractivity contribution in [3.8, 4) is 0 Å². The molecule has 0 aliphatic carbocycles. The van der Waals surface area contributed by atoms with E-state index in [2.05, 4.69) is 15.5 Å². The van der Waals surface area contributed by atoms with Crippen molar-refractivity contribution in [2.45, 2.75) is 13.5 Å². The van der Waals surface area contributed by atoms with Crippen LogP contribution < -0.4 is 5.32 Å². The first-order chi connectivity index (χ1) is 10.1. The van der Waals surface area contributed by atoms with Crippen molar-refractivity contribution < 1.29 is 14.4 Å². The fraction of sp³-hybridized carbons (Fsp3) is 0.133. The first-order valence-corrected chi connectivity index (χ1v) is 6.42. The van der Waals surface area contributed by atoms with E-state index in [0.717, 1.165) is 22.2 Å². The maximum Gasteiger partial charge on any atom is 0.354 e. The van der Waals surface area contributed by atoms with Gasteiger partial charge in [0.05, 0.1) is 6.54 Å². The zero-order chi connectivity index (χ0) is 14.8. The minimum atomic E-state index is -1.05. The first-order valence-electron chi connectivity index (χ1n) is 6.42. The lowest BCUT2D eigenvalue weighted by molar-refractivity contribution is 0.0691. The van der Waals surface area contributed by atoms with Crippen LogP contribution in [0.25, 0.3) is 10.8 Å². The van der Waals surface area contributed by atoms with Crippen LogP contribution in [-0.4, -0.2) is 21.2 Å².